The predicted octanol–water partition coefficient (Wildman–Crippen LogP) is 13.0. The zero-order chi connectivity index (χ0) is 35.1. The molecule has 0 aliphatic heterocycles. The van der Waals surface area contributed by atoms with Gasteiger partial charge in [-0.05, 0) is 68.7 Å². The lowest BCUT2D eigenvalue weighted by Crippen LogP contribution is -2.04. The molecule has 0 bridgehead atoms. The average Bonchev–Trinajstić information content (AvgIpc) is 3.87. The third-order valence-electron chi connectivity index (χ3n) is 11.8. The third-order valence-corrected chi connectivity index (χ3v) is 11.8. The highest BCUT2D eigenvalue weighted by Crippen LogP contribution is 2.48. The number of nitrogens with zero attached hydrogens (tertiary/aromatic N) is 4. The molecule has 0 atom stereocenters. The van der Waals surface area contributed by atoms with Gasteiger partial charge in [0.05, 0.1) is 38.8 Å². The van der Waals surface area contributed by atoms with E-state index in [-0.39, 0.29) is 0 Å². The minimum Gasteiger partial charge on any atom is -0.308 e. The molecular formula is C50H28N4. The zero-order valence-electron chi connectivity index (χ0n) is 29.0. The largest absolute Gasteiger partial charge is 0.308 e. The van der Waals surface area contributed by atoms with Gasteiger partial charge in [-0.1, -0.05) is 133 Å². The number of para-hydroxylation sites is 2. The lowest BCUT2D eigenvalue weighted by atomic mass is 9.98. The molecule has 4 heterocycles. The summed E-state index contributed by atoms with van der Waals surface area (Å²) >= 11 is 0. The van der Waals surface area contributed by atoms with Crippen molar-refractivity contribution in [2.24, 2.45) is 0 Å². The van der Waals surface area contributed by atoms with E-state index in [0.717, 1.165) is 38.6 Å². The number of fused-ring (bicyclic) bond motifs is 16. The van der Waals surface area contributed by atoms with E-state index < -0.39 is 0 Å². The van der Waals surface area contributed by atoms with E-state index in [1.54, 1.807) is 0 Å². The maximum absolute atomic E-state index is 5.64. The van der Waals surface area contributed by atoms with Crippen LogP contribution in [0.3, 0.4) is 0 Å². The molecule has 0 amide bonds. The number of aromatic nitrogens is 4. The Morgan fingerprint density at radius 1 is 0.352 bits per heavy atom. The van der Waals surface area contributed by atoms with Crippen LogP contribution in [-0.4, -0.2) is 18.9 Å². The second-order valence-electron chi connectivity index (χ2n) is 14.5. The van der Waals surface area contributed by atoms with E-state index in [2.05, 4.69) is 179 Å². The first-order valence-corrected chi connectivity index (χ1v) is 18.5. The van der Waals surface area contributed by atoms with E-state index in [1.165, 1.54) is 75.8 Å². The van der Waals surface area contributed by atoms with Crippen molar-refractivity contribution in [1.29, 1.82) is 0 Å². The monoisotopic (exact) mass is 684 g/mol. The van der Waals surface area contributed by atoms with E-state index in [1.807, 2.05) is 0 Å². The Morgan fingerprint density at radius 2 is 0.963 bits per heavy atom. The molecule has 0 unspecified atom stereocenters. The highest BCUT2D eigenvalue weighted by Gasteiger charge is 2.26. The quantitative estimate of drug-likeness (QED) is 0.170. The van der Waals surface area contributed by atoms with Crippen LogP contribution in [0.5, 0.6) is 0 Å². The molecule has 4 heteroatoms. The van der Waals surface area contributed by atoms with Gasteiger partial charge < -0.3 is 4.40 Å². The van der Waals surface area contributed by atoms with Gasteiger partial charge in [0.2, 0.25) is 5.95 Å². The SMILES string of the molecule is c1ccc2cc(-c3nc(-n4c5ccc6ccccc6c5c5c6c7ccccc7n7c8ccccc8c(cc54)c67)nc4ccc5ccccc5c34)ccc2c1. The summed E-state index contributed by atoms with van der Waals surface area (Å²) in [7, 11) is 0. The Bertz CT molecular complexity index is 3740. The number of rotatable bonds is 2. The molecule has 0 fully saturated rings. The van der Waals surface area contributed by atoms with Crippen LogP contribution in [0.25, 0.3) is 120 Å². The van der Waals surface area contributed by atoms with Crippen molar-refractivity contribution in [3.63, 3.8) is 0 Å². The molecule has 4 aromatic heterocycles. The van der Waals surface area contributed by atoms with Crippen molar-refractivity contribution in [2.45, 2.75) is 0 Å². The van der Waals surface area contributed by atoms with Crippen molar-refractivity contribution < 1.29 is 0 Å². The third kappa shape index (κ3) is 3.57. The summed E-state index contributed by atoms with van der Waals surface area (Å²) in [6.45, 7) is 0. The van der Waals surface area contributed by atoms with Crippen molar-refractivity contribution in [2.75, 3.05) is 0 Å². The summed E-state index contributed by atoms with van der Waals surface area (Å²) in [6.07, 6.45) is 0. The molecule has 9 aromatic carbocycles. The highest BCUT2D eigenvalue weighted by molar-refractivity contribution is 6.38. The molecule has 248 valence electrons. The van der Waals surface area contributed by atoms with Gasteiger partial charge >= 0.3 is 0 Å². The van der Waals surface area contributed by atoms with Gasteiger partial charge in [-0.25, -0.2) is 9.97 Å². The summed E-state index contributed by atoms with van der Waals surface area (Å²) in [6, 6.07) is 61.5. The molecule has 0 saturated heterocycles. The molecule has 0 N–H and O–H groups in total. The standard InChI is InChI=1S/C50H28N4/c1-2-14-32-27-33(22-21-29(32)11-1)48-44-34-15-5-3-12-30(34)23-25-39(44)51-50(52-48)54-42-26-24-31-13-4-6-16-35(31)45(42)47-43(54)28-38-36-17-7-9-19-40(36)53-41-20-10-8-18-37(41)46(47)49(38)53/h1-28H. The van der Waals surface area contributed by atoms with Crippen LogP contribution in [-0.2, 0) is 0 Å². The summed E-state index contributed by atoms with van der Waals surface area (Å²) in [5.41, 5.74) is 8.83. The van der Waals surface area contributed by atoms with Crippen LogP contribution in [0.1, 0.15) is 0 Å². The second kappa shape index (κ2) is 10.2. The van der Waals surface area contributed by atoms with Crippen LogP contribution in [0.15, 0.2) is 170 Å². The number of hydrogen-bond acceptors (Lipinski definition) is 2. The van der Waals surface area contributed by atoms with Gasteiger partial charge in [-0.15, -0.1) is 0 Å². The zero-order valence-corrected chi connectivity index (χ0v) is 29.0. The van der Waals surface area contributed by atoms with E-state index in [4.69, 9.17) is 9.97 Å². The lowest BCUT2D eigenvalue weighted by molar-refractivity contribution is 1.02. The Hall–Kier alpha value is -7.30. The normalized spacial score (nSPS) is 12.4. The second-order valence-corrected chi connectivity index (χ2v) is 14.5. The maximum Gasteiger partial charge on any atom is 0.235 e. The summed E-state index contributed by atoms with van der Waals surface area (Å²) < 4.78 is 4.80. The molecule has 0 aliphatic carbocycles. The molecule has 0 aliphatic rings. The fraction of sp³-hybridized carbons (Fsp3) is 0. The van der Waals surface area contributed by atoms with Crippen molar-refractivity contribution in [1.82, 2.24) is 18.9 Å². The average molecular weight is 685 g/mol. The Labute approximate surface area is 308 Å². The van der Waals surface area contributed by atoms with Crippen molar-refractivity contribution in [3.8, 4) is 17.2 Å². The molecule has 0 radical (unpaired) electrons. The Balaban J connectivity index is 1.26. The minimum atomic E-state index is 0.665. The molecule has 13 aromatic rings. The number of benzene rings is 9. The first-order valence-electron chi connectivity index (χ1n) is 18.5. The van der Waals surface area contributed by atoms with Gasteiger partial charge in [-0.3, -0.25) is 4.57 Å². The van der Waals surface area contributed by atoms with Crippen LogP contribution in [0.4, 0.5) is 0 Å². The van der Waals surface area contributed by atoms with Gasteiger partial charge in [0.1, 0.15) is 0 Å². The smallest absolute Gasteiger partial charge is 0.235 e. The first kappa shape index (κ1) is 28.3. The fourth-order valence-corrected chi connectivity index (χ4v) is 9.53. The Morgan fingerprint density at radius 3 is 1.76 bits per heavy atom. The molecule has 13 rings (SSSR count). The first-order chi connectivity index (χ1) is 26.8. The van der Waals surface area contributed by atoms with Crippen molar-refractivity contribution >= 4 is 103 Å². The molecular weight excluding hydrogens is 657 g/mol. The van der Waals surface area contributed by atoms with Crippen LogP contribution < -0.4 is 0 Å². The Kier molecular flexibility index (Phi) is 5.34. The predicted molar refractivity (Wildman–Crippen MR) is 226 cm³/mol. The minimum absolute atomic E-state index is 0.665. The lowest BCUT2D eigenvalue weighted by Gasteiger charge is -2.14. The van der Waals surface area contributed by atoms with E-state index in [0.29, 0.717) is 5.95 Å². The maximum atomic E-state index is 5.64. The fourth-order valence-electron chi connectivity index (χ4n) is 9.53. The van der Waals surface area contributed by atoms with Gasteiger partial charge in [-0.2, -0.15) is 0 Å². The highest BCUT2D eigenvalue weighted by atomic mass is 15.2. The van der Waals surface area contributed by atoms with Gasteiger partial charge in [0, 0.05) is 43.3 Å². The summed E-state index contributed by atoms with van der Waals surface area (Å²) in [4.78, 5) is 11.1. The van der Waals surface area contributed by atoms with Crippen LogP contribution in [0.2, 0.25) is 0 Å². The molecule has 4 nitrogen and oxygen atoms in total. The topological polar surface area (TPSA) is 35.1 Å². The molecule has 54 heavy (non-hydrogen) atoms. The van der Waals surface area contributed by atoms with Crippen molar-refractivity contribution in [3.05, 3.63) is 170 Å². The summed E-state index contributed by atoms with van der Waals surface area (Å²) in [5.74, 6) is 0.665. The van der Waals surface area contributed by atoms with E-state index in [9.17, 15) is 0 Å². The summed E-state index contributed by atoms with van der Waals surface area (Å²) in [5, 5.41) is 15.7. The van der Waals surface area contributed by atoms with Crippen LogP contribution in [0, 0.1) is 0 Å². The molecule has 0 spiro atoms. The van der Waals surface area contributed by atoms with E-state index >= 15 is 0 Å². The van der Waals surface area contributed by atoms with Gasteiger partial charge in [0.15, 0.2) is 0 Å². The number of hydrogen-bond donors (Lipinski definition) is 0. The van der Waals surface area contributed by atoms with Crippen LogP contribution >= 0.6 is 0 Å². The van der Waals surface area contributed by atoms with Gasteiger partial charge in [0.25, 0.3) is 0 Å². The molecule has 0 saturated carbocycles.